The second-order valence-electron chi connectivity index (χ2n) is 4.76. The van der Waals surface area contributed by atoms with Gasteiger partial charge in [-0.3, -0.25) is 4.79 Å². The van der Waals surface area contributed by atoms with Crippen LogP contribution in [0.5, 0.6) is 5.75 Å². The zero-order valence-corrected chi connectivity index (χ0v) is 13.2. The molecule has 0 atom stereocenters. The van der Waals surface area contributed by atoms with E-state index in [1.807, 2.05) is 0 Å². The number of rotatable bonds is 5. The summed E-state index contributed by atoms with van der Waals surface area (Å²) < 4.78 is 27.3. The van der Waals surface area contributed by atoms with Gasteiger partial charge in [0.05, 0.1) is 0 Å². The molecule has 0 radical (unpaired) electrons. The Bertz CT molecular complexity index is 684. The molecule has 2 rings (SSSR count). The largest absolute Gasteiger partial charge is 0.508 e. The molecule has 2 N–H and O–H groups in total. The monoisotopic (exact) mass is 369 g/mol. The number of halogens is 3. The third-order valence-corrected chi connectivity index (χ3v) is 3.66. The number of aromatic hydroxyl groups is 1. The van der Waals surface area contributed by atoms with Crippen molar-refractivity contribution in [3.8, 4) is 5.75 Å². The van der Waals surface area contributed by atoms with Crippen LogP contribution in [0, 0.1) is 11.6 Å². The summed E-state index contributed by atoms with van der Waals surface area (Å²) in [6.45, 7) is 0.162. The summed E-state index contributed by atoms with van der Waals surface area (Å²) in [5.74, 6) is -2.06. The molecule has 2 aromatic carbocycles. The molecular formula is C16H14BrF2NO2. The molecule has 2 aromatic rings. The van der Waals surface area contributed by atoms with Crippen molar-refractivity contribution in [3.63, 3.8) is 0 Å². The molecule has 3 nitrogen and oxygen atoms in total. The normalized spacial score (nSPS) is 10.5. The second kappa shape index (κ2) is 7.35. The van der Waals surface area contributed by atoms with Gasteiger partial charge < -0.3 is 10.4 Å². The Morgan fingerprint density at radius 1 is 1.18 bits per heavy atom. The van der Waals surface area contributed by atoms with Gasteiger partial charge >= 0.3 is 0 Å². The van der Waals surface area contributed by atoms with Crippen LogP contribution < -0.4 is 5.32 Å². The molecule has 0 fully saturated rings. The highest BCUT2D eigenvalue weighted by molar-refractivity contribution is 9.10. The van der Waals surface area contributed by atoms with Crippen molar-refractivity contribution >= 4 is 21.8 Å². The summed E-state index contributed by atoms with van der Waals surface area (Å²) in [7, 11) is 0. The maximum absolute atomic E-state index is 13.5. The third-order valence-electron chi connectivity index (χ3n) is 3.17. The van der Waals surface area contributed by atoms with Crippen molar-refractivity contribution < 1.29 is 18.7 Å². The maximum Gasteiger partial charge on any atom is 0.220 e. The van der Waals surface area contributed by atoms with Gasteiger partial charge in [-0.05, 0) is 36.2 Å². The van der Waals surface area contributed by atoms with Crippen molar-refractivity contribution in [2.45, 2.75) is 19.4 Å². The predicted octanol–water partition coefficient (Wildman–Crippen LogP) is 3.68. The van der Waals surface area contributed by atoms with Gasteiger partial charge in [0.1, 0.15) is 5.75 Å². The quantitative estimate of drug-likeness (QED) is 0.844. The summed E-state index contributed by atoms with van der Waals surface area (Å²) in [6, 6.07) is 8.80. The number of carbonyl (C=O) groups is 1. The molecule has 0 aliphatic heterocycles. The summed E-state index contributed by atoms with van der Waals surface area (Å²) >= 11 is 3.28. The van der Waals surface area contributed by atoms with Crippen LogP contribution in [-0.4, -0.2) is 11.0 Å². The first-order chi connectivity index (χ1) is 10.5. The lowest BCUT2D eigenvalue weighted by Gasteiger charge is -2.08. The van der Waals surface area contributed by atoms with E-state index in [1.54, 1.807) is 12.1 Å². The number of amides is 1. The van der Waals surface area contributed by atoms with Crippen molar-refractivity contribution in [2.24, 2.45) is 0 Å². The minimum Gasteiger partial charge on any atom is -0.508 e. The van der Waals surface area contributed by atoms with Crippen molar-refractivity contribution in [1.29, 1.82) is 0 Å². The maximum atomic E-state index is 13.5. The number of phenolic OH excluding ortho intramolecular Hbond substituents is 1. The molecule has 1 amide bonds. The van der Waals surface area contributed by atoms with Crippen LogP contribution in [0.25, 0.3) is 0 Å². The topological polar surface area (TPSA) is 49.3 Å². The van der Waals surface area contributed by atoms with Crippen LogP contribution in [0.4, 0.5) is 8.78 Å². The van der Waals surface area contributed by atoms with Crippen molar-refractivity contribution in [2.75, 3.05) is 0 Å². The Labute approximate surface area is 135 Å². The molecule has 0 spiro atoms. The van der Waals surface area contributed by atoms with E-state index in [2.05, 4.69) is 21.2 Å². The Morgan fingerprint density at radius 2 is 1.95 bits per heavy atom. The summed E-state index contributed by atoms with van der Waals surface area (Å²) in [4.78, 5) is 11.8. The standard InChI is InChI=1S/C16H14BrF2NO2/c17-12-5-6-14(21)11(8-12)9-20-15(22)7-4-10-2-1-3-13(18)16(10)19/h1-3,5-6,8,21H,4,7,9H2,(H,20,22). The smallest absolute Gasteiger partial charge is 0.220 e. The van der Waals surface area contributed by atoms with Gasteiger partial charge in [-0.25, -0.2) is 8.78 Å². The number of nitrogens with one attached hydrogen (secondary N) is 1. The van der Waals surface area contributed by atoms with E-state index in [-0.39, 0.29) is 36.6 Å². The van der Waals surface area contributed by atoms with Crippen molar-refractivity contribution in [1.82, 2.24) is 5.32 Å². The molecule has 0 aromatic heterocycles. The molecule has 22 heavy (non-hydrogen) atoms. The molecule has 0 unspecified atom stereocenters. The highest BCUT2D eigenvalue weighted by Crippen LogP contribution is 2.21. The molecule has 0 heterocycles. The van der Waals surface area contributed by atoms with E-state index >= 15 is 0 Å². The Hall–Kier alpha value is -1.95. The van der Waals surface area contributed by atoms with Gasteiger partial charge in [0, 0.05) is 23.0 Å². The lowest BCUT2D eigenvalue weighted by molar-refractivity contribution is -0.121. The fourth-order valence-electron chi connectivity index (χ4n) is 1.97. The summed E-state index contributed by atoms with van der Waals surface area (Å²) in [6.07, 6.45) is 0.148. The van der Waals surface area contributed by atoms with Gasteiger partial charge in [-0.1, -0.05) is 28.1 Å². The first-order valence-corrected chi connectivity index (χ1v) is 7.43. The number of hydrogen-bond donors (Lipinski definition) is 2. The molecule has 0 aliphatic rings. The molecular weight excluding hydrogens is 356 g/mol. The van der Waals surface area contributed by atoms with Crippen LogP contribution in [0.15, 0.2) is 40.9 Å². The Kier molecular flexibility index (Phi) is 5.49. The van der Waals surface area contributed by atoms with Crippen LogP contribution in [0.3, 0.4) is 0 Å². The molecule has 0 saturated heterocycles. The van der Waals surface area contributed by atoms with E-state index in [1.165, 1.54) is 18.2 Å². The lowest BCUT2D eigenvalue weighted by Crippen LogP contribution is -2.23. The average molecular weight is 370 g/mol. The second-order valence-corrected chi connectivity index (χ2v) is 5.68. The molecule has 0 bridgehead atoms. The van der Waals surface area contributed by atoms with Gasteiger partial charge in [0.15, 0.2) is 11.6 Å². The number of carbonyl (C=O) groups excluding carboxylic acids is 1. The van der Waals surface area contributed by atoms with Gasteiger partial charge in [0.2, 0.25) is 5.91 Å². The third kappa shape index (κ3) is 4.27. The summed E-state index contributed by atoms with van der Waals surface area (Å²) in [5.41, 5.74) is 0.736. The highest BCUT2D eigenvalue weighted by Gasteiger charge is 2.10. The fourth-order valence-corrected chi connectivity index (χ4v) is 2.38. The van der Waals surface area contributed by atoms with Gasteiger partial charge in [-0.2, -0.15) is 0 Å². The average Bonchev–Trinajstić information content (AvgIpc) is 2.49. The number of benzene rings is 2. The van der Waals surface area contributed by atoms with Crippen LogP contribution in [-0.2, 0) is 17.8 Å². The van der Waals surface area contributed by atoms with Crippen molar-refractivity contribution in [3.05, 3.63) is 63.6 Å². The molecule has 0 aliphatic carbocycles. The number of hydrogen-bond acceptors (Lipinski definition) is 2. The Morgan fingerprint density at radius 3 is 2.73 bits per heavy atom. The van der Waals surface area contributed by atoms with E-state index < -0.39 is 11.6 Å². The predicted molar refractivity (Wildman–Crippen MR) is 82.3 cm³/mol. The summed E-state index contributed by atoms with van der Waals surface area (Å²) in [5, 5.41) is 12.3. The number of phenols is 1. The highest BCUT2D eigenvalue weighted by atomic mass is 79.9. The van der Waals surface area contributed by atoms with E-state index in [0.29, 0.717) is 5.56 Å². The zero-order chi connectivity index (χ0) is 16.1. The molecule has 6 heteroatoms. The van der Waals surface area contributed by atoms with Crippen LogP contribution in [0.1, 0.15) is 17.5 Å². The van der Waals surface area contributed by atoms with Gasteiger partial charge in [0.25, 0.3) is 0 Å². The molecule has 0 saturated carbocycles. The minimum atomic E-state index is -0.919. The zero-order valence-electron chi connectivity index (χ0n) is 11.6. The number of aryl methyl sites for hydroxylation is 1. The first-order valence-electron chi connectivity index (χ1n) is 6.64. The van der Waals surface area contributed by atoms with Crippen LogP contribution >= 0.6 is 15.9 Å². The SMILES string of the molecule is O=C(CCc1cccc(F)c1F)NCc1cc(Br)ccc1O. The van der Waals surface area contributed by atoms with Gasteiger partial charge in [-0.15, -0.1) is 0 Å². The Balaban J connectivity index is 1.88. The molecule has 116 valence electrons. The van der Waals surface area contributed by atoms with Crippen LogP contribution in [0.2, 0.25) is 0 Å². The fraction of sp³-hybridized carbons (Fsp3) is 0.188. The minimum absolute atomic E-state index is 0.0368. The lowest BCUT2D eigenvalue weighted by atomic mass is 10.1. The van der Waals surface area contributed by atoms with E-state index in [4.69, 9.17) is 0 Å². The first kappa shape index (κ1) is 16.4. The van der Waals surface area contributed by atoms with E-state index in [0.717, 1.165) is 10.5 Å². The van der Waals surface area contributed by atoms with E-state index in [9.17, 15) is 18.7 Å².